The average molecular weight is 435 g/mol. The van der Waals surface area contributed by atoms with E-state index in [1.165, 1.54) is 0 Å². The van der Waals surface area contributed by atoms with Crippen LogP contribution >= 0.6 is 11.6 Å². The third kappa shape index (κ3) is 4.32. The largest absolute Gasteiger partial charge is 0.498 e. The summed E-state index contributed by atoms with van der Waals surface area (Å²) in [7, 11) is -0.464. The fourth-order valence-corrected chi connectivity index (χ4v) is 4.34. The fourth-order valence-electron chi connectivity index (χ4n) is 4.18. The van der Waals surface area contributed by atoms with Crippen LogP contribution in [0.1, 0.15) is 59.8 Å². The Bertz CT molecular complexity index is 756. The van der Waals surface area contributed by atoms with Crippen LogP contribution in [-0.2, 0) is 14.1 Å². The number of hydrogen-bond acceptors (Lipinski definition) is 6. The maximum atomic E-state index is 12.3. The zero-order chi connectivity index (χ0) is 21.5. The van der Waals surface area contributed by atoms with E-state index in [1.54, 1.807) is 0 Å². The molecule has 3 heterocycles. The van der Waals surface area contributed by atoms with Gasteiger partial charge in [0.15, 0.2) is 0 Å². The first-order valence-electron chi connectivity index (χ1n) is 11.0. The molecule has 1 aromatic heterocycles. The highest BCUT2D eigenvalue weighted by Gasteiger charge is 2.52. The Labute approximate surface area is 184 Å². The van der Waals surface area contributed by atoms with E-state index in [2.05, 4.69) is 14.9 Å². The second kappa shape index (κ2) is 8.28. The van der Waals surface area contributed by atoms with Crippen LogP contribution < -0.4 is 10.4 Å². The number of carbonyl (C=O) groups is 1. The predicted octanol–water partition coefficient (Wildman–Crippen LogP) is 2.36. The van der Waals surface area contributed by atoms with E-state index in [9.17, 15) is 4.79 Å². The van der Waals surface area contributed by atoms with Crippen molar-refractivity contribution < 1.29 is 14.1 Å². The maximum Gasteiger partial charge on any atom is 0.498 e. The summed E-state index contributed by atoms with van der Waals surface area (Å²) in [5.74, 6) is 0.773. The minimum absolute atomic E-state index is 0.0224. The molecule has 1 aliphatic carbocycles. The monoisotopic (exact) mass is 434 g/mol. The number of halogens is 1. The molecule has 2 aliphatic heterocycles. The summed E-state index contributed by atoms with van der Waals surface area (Å²) in [6.45, 7) is 9.69. The van der Waals surface area contributed by atoms with E-state index in [0.717, 1.165) is 50.7 Å². The standard InChI is InChI=1S/C21H32BClN4O3/c1-20(2)21(3,4)30-22(29-20)15-12-24-19(25-13-15)27(16-8-9-16)14-17-7-5-6-10-26(17)18(28)11-23/h12-13,16-17H,5-11,14H2,1-4H3/t17-/m1/s1. The van der Waals surface area contributed by atoms with Gasteiger partial charge in [-0.3, -0.25) is 4.79 Å². The number of aromatic nitrogens is 2. The SMILES string of the molecule is CC1(C)OB(c2cnc(N(C[C@H]3CCCCN3C(=O)CCl)C3CC3)nc2)OC1(C)C. The minimum atomic E-state index is -0.464. The Morgan fingerprint density at radius 2 is 1.80 bits per heavy atom. The summed E-state index contributed by atoms with van der Waals surface area (Å²) < 4.78 is 12.2. The Hall–Kier alpha value is -1.38. The molecule has 164 valence electrons. The van der Waals surface area contributed by atoms with Gasteiger partial charge in [0.2, 0.25) is 11.9 Å². The van der Waals surface area contributed by atoms with Gasteiger partial charge in [-0.25, -0.2) is 9.97 Å². The third-order valence-corrected chi connectivity index (χ3v) is 7.13. The molecule has 9 heteroatoms. The van der Waals surface area contributed by atoms with Crippen LogP contribution in [0.25, 0.3) is 0 Å². The van der Waals surface area contributed by atoms with Crippen molar-refractivity contribution >= 4 is 36.0 Å². The highest BCUT2D eigenvalue weighted by atomic mass is 35.5. The van der Waals surface area contributed by atoms with Crippen LogP contribution in [0.2, 0.25) is 0 Å². The number of rotatable bonds is 6. The molecule has 0 spiro atoms. The van der Waals surface area contributed by atoms with Crippen molar-refractivity contribution in [3.05, 3.63) is 12.4 Å². The van der Waals surface area contributed by atoms with Crippen LogP contribution in [0.4, 0.5) is 5.95 Å². The summed E-state index contributed by atoms with van der Waals surface area (Å²) >= 11 is 5.85. The molecule has 0 N–H and O–H groups in total. The van der Waals surface area contributed by atoms with Gasteiger partial charge in [0, 0.05) is 43.0 Å². The number of anilines is 1. The molecule has 3 fully saturated rings. The molecule has 7 nitrogen and oxygen atoms in total. The highest BCUT2D eigenvalue weighted by molar-refractivity contribution is 6.61. The summed E-state index contributed by atoms with van der Waals surface area (Å²) in [6.07, 6.45) is 9.07. The van der Waals surface area contributed by atoms with Gasteiger partial charge in [-0.15, -0.1) is 11.6 Å². The molecule has 0 unspecified atom stereocenters. The topological polar surface area (TPSA) is 67.8 Å². The van der Waals surface area contributed by atoms with E-state index < -0.39 is 18.3 Å². The van der Waals surface area contributed by atoms with Crippen molar-refractivity contribution in [2.75, 3.05) is 23.9 Å². The van der Waals surface area contributed by atoms with Crippen molar-refractivity contribution in [3.63, 3.8) is 0 Å². The van der Waals surface area contributed by atoms with Crippen molar-refractivity contribution in [2.24, 2.45) is 0 Å². The molecule has 4 rings (SSSR count). The lowest BCUT2D eigenvalue weighted by Crippen LogP contribution is -2.51. The van der Waals surface area contributed by atoms with Crippen molar-refractivity contribution in [1.29, 1.82) is 0 Å². The van der Waals surface area contributed by atoms with Crippen molar-refractivity contribution in [1.82, 2.24) is 14.9 Å². The number of carbonyl (C=O) groups excluding carboxylic acids is 1. The number of nitrogens with zero attached hydrogens (tertiary/aromatic N) is 4. The first kappa shape index (κ1) is 21.8. The van der Waals surface area contributed by atoms with Gasteiger partial charge in [-0.1, -0.05) is 0 Å². The molecule has 0 radical (unpaired) electrons. The quantitative estimate of drug-likeness (QED) is 0.506. The lowest BCUT2D eigenvalue weighted by atomic mass is 9.81. The number of alkyl halides is 1. The van der Waals surface area contributed by atoms with Crippen LogP contribution in [-0.4, -0.2) is 70.1 Å². The zero-order valence-electron chi connectivity index (χ0n) is 18.4. The van der Waals surface area contributed by atoms with E-state index >= 15 is 0 Å². The van der Waals surface area contributed by atoms with E-state index in [-0.39, 0.29) is 17.8 Å². The molecule has 0 aromatic carbocycles. The van der Waals surface area contributed by atoms with Crippen LogP contribution in [0, 0.1) is 0 Å². The second-order valence-electron chi connectivity index (χ2n) is 9.66. The van der Waals surface area contributed by atoms with E-state index in [0.29, 0.717) is 12.0 Å². The zero-order valence-corrected chi connectivity index (χ0v) is 19.2. The van der Waals surface area contributed by atoms with E-state index in [1.807, 2.05) is 45.0 Å². The molecule has 1 saturated carbocycles. The molecule has 1 aromatic rings. The van der Waals surface area contributed by atoms with E-state index in [4.69, 9.17) is 20.9 Å². The number of amides is 1. The molecule has 1 amide bonds. The molecular weight excluding hydrogens is 403 g/mol. The van der Waals surface area contributed by atoms with Crippen molar-refractivity contribution in [3.8, 4) is 0 Å². The summed E-state index contributed by atoms with van der Waals surface area (Å²) in [6, 6.07) is 0.611. The van der Waals surface area contributed by atoms with Crippen LogP contribution in [0.3, 0.4) is 0 Å². The normalized spacial score (nSPS) is 25.4. The van der Waals surface area contributed by atoms with Gasteiger partial charge in [0.25, 0.3) is 0 Å². The Morgan fingerprint density at radius 1 is 1.17 bits per heavy atom. The Kier molecular flexibility index (Phi) is 6.03. The van der Waals surface area contributed by atoms with Crippen molar-refractivity contribution in [2.45, 2.75) is 83.1 Å². The smallest absolute Gasteiger partial charge is 0.399 e. The van der Waals surface area contributed by atoms with Crippen LogP contribution in [0.5, 0.6) is 0 Å². The van der Waals surface area contributed by atoms with Gasteiger partial charge in [0.05, 0.1) is 11.2 Å². The third-order valence-electron chi connectivity index (χ3n) is 6.90. The highest BCUT2D eigenvalue weighted by Crippen LogP contribution is 2.36. The number of hydrogen-bond donors (Lipinski definition) is 0. The first-order valence-corrected chi connectivity index (χ1v) is 11.5. The van der Waals surface area contributed by atoms with Gasteiger partial charge in [-0.05, 0) is 59.8 Å². The summed E-state index contributed by atoms with van der Waals surface area (Å²) in [5, 5.41) is 0. The fraction of sp³-hybridized carbons (Fsp3) is 0.762. The van der Waals surface area contributed by atoms with Gasteiger partial charge in [-0.2, -0.15) is 0 Å². The molecule has 0 bridgehead atoms. The number of piperidine rings is 1. The van der Waals surface area contributed by atoms with Crippen LogP contribution in [0.15, 0.2) is 12.4 Å². The Morgan fingerprint density at radius 3 is 2.37 bits per heavy atom. The molecule has 3 aliphatic rings. The average Bonchev–Trinajstić information content (AvgIpc) is 3.53. The molecule has 1 atom stereocenters. The van der Waals surface area contributed by atoms with Gasteiger partial charge < -0.3 is 19.1 Å². The predicted molar refractivity (Wildman–Crippen MR) is 118 cm³/mol. The first-order chi connectivity index (χ1) is 14.2. The lowest BCUT2D eigenvalue weighted by Gasteiger charge is -2.38. The maximum absolute atomic E-state index is 12.3. The summed E-state index contributed by atoms with van der Waals surface area (Å²) in [4.78, 5) is 25.8. The van der Waals surface area contributed by atoms with Gasteiger partial charge >= 0.3 is 7.12 Å². The Balaban J connectivity index is 1.48. The number of likely N-dealkylation sites (tertiary alicyclic amines) is 1. The second-order valence-corrected chi connectivity index (χ2v) is 9.93. The molecule has 30 heavy (non-hydrogen) atoms. The minimum Gasteiger partial charge on any atom is -0.399 e. The lowest BCUT2D eigenvalue weighted by molar-refractivity contribution is -0.131. The molecule has 2 saturated heterocycles. The van der Waals surface area contributed by atoms with Gasteiger partial charge in [0.1, 0.15) is 5.88 Å². The molecular formula is C21H32BClN4O3. The summed E-state index contributed by atoms with van der Waals surface area (Å²) in [5.41, 5.74) is 0.0377.